The Balaban J connectivity index is 0.00000616. The second kappa shape index (κ2) is 17.2. The third-order valence-corrected chi connectivity index (χ3v) is 13.0. The summed E-state index contributed by atoms with van der Waals surface area (Å²) < 4.78 is 69.8. The normalized spacial score (nSPS) is 14.5. The van der Waals surface area contributed by atoms with Gasteiger partial charge in [0.25, 0.3) is 0 Å². The summed E-state index contributed by atoms with van der Waals surface area (Å²) in [7, 11) is 0. The molecule has 0 atom stereocenters. The van der Waals surface area contributed by atoms with Gasteiger partial charge in [0.1, 0.15) is 17.3 Å². The van der Waals surface area contributed by atoms with Crippen LogP contribution >= 0.6 is 0 Å². The number of aromatic nitrogens is 2. The predicted molar refractivity (Wildman–Crippen MR) is 283 cm³/mol. The average molecular weight is 1100 g/mol. The molecule has 0 saturated carbocycles. The molecular formula is C63H51N4O2Pt-3. The largest absolute Gasteiger partial charge is 0.509 e. The molecule has 0 N–H and O–H groups in total. The molecule has 0 fully saturated rings. The Morgan fingerprint density at radius 1 is 0.586 bits per heavy atom. The van der Waals surface area contributed by atoms with Crippen LogP contribution < -0.4 is 19.3 Å². The molecule has 14 rings (SSSR count). The van der Waals surface area contributed by atoms with E-state index < -0.39 is 12.3 Å². The van der Waals surface area contributed by atoms with Gasteiger partial charge in [-0.05, 0) is 117 Å². The van der Waals surface area contributed by atoms with Gasteiger partial charge in [-0.25, -0.2) is 4.98 Å². The van der Waals surface area contributed by atoms with E-state index in [0.29, 0.717) is 56.0 Å². The van der Waals surface area contributed by atoms with Crippen LogP contribution in [0.2, 0.25) is 0 Å². The van der Waals surface area contributed by atoms with E-state index in [4.69, 9.17) is 18.6 Å². The van der Waals surface area contributed by atoms with E-state index in [1.54, 1.807) is 10.6 Å². The van der Waals surface area contributed by atoms with Crippen LogP contribution in [0.1, 0.15) is 66.5 Å². The van der Waals surface area contributed by atoms with E-state index in [-0.39, 0.29) is 61.5 Å². The SMILES string of the molecule is [2H]c1c(C(C)(C)C)c([2H])c2c3ccc4[c-]c3n(c2c1[2H])-c1cc(C([2H])([2H])[2H])c(cn1)-c1ccc(cc1)Oc1cccc(c1)-c1cc(C(C)(C)C)cc(-c2ccccc2)c1N1[CH-]N(c2[c-]c(ccc2)O4)c2ccccc21.[Pt]. The minimum atomic E-state index is -2.60. The number of hydrogen-bond acceptors (Lipinski definition) is 5. The van der Waals surface area contributed by atoms with E-state index in [0.717, 1.165) is 45.0 Å². The smallest absolute Gasteiger partial charge is 0.135 e. The number of pyridine rings is 1. The van der Waals surface area contributed by atoms with Crippen molar-refractivity contribution in [2.75, 3.05) is 9.80 Å². The molecule has 8 aromatic carbocycles. The van der Waals surface area contributed by atoms with Gasteiger partial charge in [0.15, 0.2) is 0 Å². The van der Waals surface area contributed by atoms with E-state index >= 15 is 0 Å². The first-order valence-electron chi connectivity index (χ1n) is 26.2. The Hall–Kier alpha value is -7.40. The molecule has 6 heterocycles. The van der Waals surface area contributed by atoms with Crippen LogP contribution in [-0.2, 0) is 31.9 Å². The molecule has 348 valence electrons. The number of hydrogen-bond donors (Lipinski definition) is 0. The zero-order valence-corrected chi connectivity index (χ0v) is 41.8. The van der Waals surface area contributed by atoms with Crippen molar-refractivity contribution in [3.63, 3.8) is 0 Å². The molecule has 0 amide bonds. The first-order chi connectivity index (χ1) is 35.8. The van der Waals surface area contributed by atoms with E-state index in [9.17, 15) is 4.11 Å². The molecule has 7 heteroatoms. The van der Waals surface area contributed by atoms with Crippen molar-refractivity contribution in [2.45, 2.75) is 59.2 Å². The quantitative estimate of drug-likeness (QED) is 0.153. The molecule has 0 aliphatic carbocycles. The first-order valence-corrected chi connectivity index (χ1v) is 23.2. The Morgan fingerprint density at radius 2 is 1.27 bits per heavy atom. The summed E-state index contributed by atoms with van der Waals surface area (Å²) >= 11 is 0. The van der Waals surface area contributed by atoms with Gasteiger partial charge >= 0.3 is 0 Å². The number of rotatable bonds is 1. The number of nitrogens with zero attached hydrogens (tertiary/aromatic N) is 4. The van der Waals surface area contributed by atoms with Crippen LogP contribution in [0.4, 0.5) is 22.7 Å². The van der Waals surface area contributed by atoms with Gasteiger partial charge in [0.05, 0.1) is 4.11 Å². The topological polar surface area (TPSA) is 42.8 Å². The van der Waals surface area contributed by atoms with Gasteiger partial charge in [-0.2, -0.15) is 12.1 Å². The molecule has 0 spiro atoms. The molecule has 0 radical (unpaired) electrons. The van der Waals surface area contributed by atoms with Crippen molar-refractivity contribution in [3.05, 3.63) is 211 Å². The fourth-order valence-electron chi connectivity index (χ4n) is 9.36. The van der Waals surface area contributed by atoms with E-state index in [1.807, 2.05) is 93.6 Å². The number of anilines is 4. The molecule has 70 heavy (non-hydrogen) atoms. The predicted octanol–water partition coefficient (Wildman–Crippen LogP) is 17.0. The van der Waals surface area contributed by atoms with Gasteiger partial charge in [-0.1, -0.05) is 126 Å². The fraction of sp³-hybridized carbons (Fsp3) is 0.143. The molecule has 4 aliphatic rings. The number of benzene rings is 8. The Morgan fingerprint density at radius 3 is 2.03 bits per heavy atom. The third-order valence-electron chi connectivity index (χ3n) is 13.0. The molecule has 10 aromatic rings. The molecular weight excluding hydrogens is 1040 g/mol. The van der Waals surface area contributed by atoms with Crippen molar-refractivity contribution >= 4 is 44.6 Å². The van der Waals surface area contributed by atoms with E-state index in [2.05, 4.69) is 116 Å². The van der Waals surface area contributed by atoms with Crippen LogP contribution in [0.25, 0.3) is 61.0 Å². The van der Waals surface area contributed by atoms with Gasteiger partial charge in [-0.15, -0.1) is 48.1 Å². The van der Waals surface area contributed by atoms with Gasteiger partial charge < -0.3 is 23.8 Å². The third kappa shape index (κ3) is 7.94. The fourth-order valence-corrected chi connectivity index (χ4v) is 9.36. The summed E-state index contributed by atoms with van der Waals surface area (Å²) in [5.41, 5.74) is 10.1. The molecule has 4 aliphatic heterocycles. The summed E-state index contributed by atoms with van der Waals surface area (Å²) in [6.45, 7) is 12.0. The molecule has 12 bridgehead atoms. The Kier molecular flexibility index (Phi) is 9.46. The summed E-state index contributed by atoms with van der Waals surface area (Å²) in [5, 5.41) is 1.01. The minimum Gasteiger partial charge on any atom is -0.509 e. The second-order valence-electron chi connectivity index (χ2n) is 19.8. The van der Waals surface area contributed by atoms with Crippen LogP contribution in [0, 0.1) is 25.7 Å². The van der Waals surface area contributed by atoms with Crippen molar-refractivity contribution in [1.29, 1.82) is 0 Å². The maximum Gasteiger partial charge on any atom is 0.135 e. The summed E-state index contributed by atoms with van der Waals surface area (Å²) in [6.07, 6.45) is 1.54. The van der Waals surface area contributed by atoms with Crippen molar-refractivity contribution in [2.24, 2.45) is 0 Å². The Bertz CT molecular complexity index is 3940. The summed E-state index contributed by atoms with van der Waals surface area (Å²) in [5.74, 6) is 2.08. The second-order valence-corrected chi connectivity index (χ2v) is 19.8. The standard InChI is InChI=1S/C63H51N4O2.Pt/c1-40-31-60-64-38-55(40)42-23-26-47(27-24-42)68-48-19-13-17-43(32-48)53-35-45(63(5,6)7)34-52(41-15-9-8-10-16-41)61(53)66-39-65(57-21-11-12-22-58(57)66)46-18-14-20-49(36-46)69-50-28-29-51-54-33-44(62(2,3)4)25-30-56(54)67(60)59(51)37-50;/h8-35,38-39H,1-7H3;/q-3;/i1D3,25D,30D,33D;. The van der Waals surface area contributed by atoms with Crippen LogP contribution in [0.5, 0.6) is 23.0 Å². The Labute approximate surface area is 433 Å². The van der Waals surface area contributed by atoms with E-state index in [1.165, 1.54) is 17.8 Å². The van der Waals surface area contributed by atoms with Gasteiger partial charge in [0.2, 0.25) is 0 Å². The van der Waals surface area contributed by atoms with Crippen molar-refractivity contribution in [1.82, 2.24) is 9.55 Å². The zero-order chi connectivity index (χ0) is 52.3. The minimum absolute atomic E-state index is 0. The maximum atomic E-state index is 9.62. The van der Waals surface area contributed by atoms with Crippen LogP contribution in [-0.4, -0.2) is 9.55 Å². The van der Waals surface area contributed by atoms with Crippen molar-refractivity contribution < 1.29 is 38.8 Å². The average Bonchev–Trinajstić information content (AvgIpc) is 4.01. The molecule has 0 saturated heterocycles. The van der Waals surface area contributed by atoms with Crippen LogP contribution in [0.3, 0.4) is 0 Å². The number of ether oxygens (including phenoxy) is 2. The summed E-state index contributed by atoms with van der Waals surface area (Å²) in [4.78, 5) is 9.28. The number of aryl methyl sites for hydroxylation is 1. The number of para-hydroxylation sites is 2. The zero-order valence-electron chi connectivity index (χ0n) is 45.5. The van der Waals surface area contributed by atoms with Crippen LogP contribution in [0.15, 0.2) is 176 Å². The van der Waals surface area contributed by atoms with Gasteiger partial charge in [-0.3, -0.25) is 0 Å². The number of fused-ring (bicyclic) bond motifs is 5. The molecule has 2 aromatic heterocycles. The molecule has 0 unspecified atom stereocenters. The van der Waals surface area contributed by atoms with Gasteiger partial charge in [0, 0.05) is 82.1 Å². The van der Waals surface area contributed by atoms with Crippen molar-refractivity contribution in [3.8, 4) is 62.2 Å². The monoisotopic (exact) mass is 1100 g/mol. The first kappa shape index (κ1) is 38.4. The summed E-state index contributed by atoms with van der Waals surface area (Å²) in [6, 6.07) is 56.6. The maximum absolute atomic E-state index is 9.62. The molecule has 6 nitrogen and oxygen atoms in total.